The van der Waals surface area contributed by atoms with Crippen molar-refractivity contribution < 1.29 is 0 Å². The molecule has 0 amide bonds. The Hall–Kier alpha value is -1.54. The van der Waals surface area contributed by atoms with Gasteiger partial charge in [0.2, 0.25) is 0 Å². The van der Waals surface area contributed by atoms with Gasteiger partial charge in [-0.25, -0.2) is 0 Å². The first-order valence-electron chi connectivity index (χ1n) is 5.18. The number of benzene rings is 1. The van der Waals surface area contributed by atoms with E-state index in [0.717, 1.165) is 11.4 Å². The summed E-state index contributed by atoms with van der Waals surface area (Å²) >= 11 is 1.78. The van der Waals surface area contributed by atoms with Gasteiger partial charge in [-0.1, -0.05) is 36.4 Å². The van der Waals surface area contributed by atoms with Crippen molar-refractivity contribution in [3.63, 3.8) is 0 Å². The molecule has 2 aromatic rings. The van der Waals surface area contributed by atoms with Crippen LogP contribution in [-0.2, 0) is 5.75 Å². The van der Waals surface area contributed by atoms with Crippen molar-refractivity contribution in [1.29, 1.82) is 0 Å². The van der Waals surface area contributed by atoms with Gasteiger partial charge in [-0.2, -0.15) is 0 Å². The normalized spacial score (nSPS) is 10.8. The molecule has 0 unspecified atom stereocenters. The topological polar surface area (TPSA) is 12.9 Å². The van der Waals surface area contributed by atoms with E-state index in [0.29, 0.717) is 0 Å². The van der Waals surface area contributed by atoms with E-state index in [-0.39, 0.29) is 0 Å². The molecule has 0 aliphatic carbocycles. The number of pyridine rings is 1. The number of aromatic nitrogens is 1. The summed E-state index contributed by atoms with van der Waals surface area (Å²) in [5.74, 6) is 1.00. The zero-order chi connectivity index (χ0) is 11.1. The van der Waals surface area contributed by atoms with Crippen LogP contribution in [0.3, 0.4) is 0 Å². The molecule has 0 spiro atoms. The Labute approximate surface area is 100 Å². The fourth-order valence-electron chi connectivity index (χ4n) is 1.31. The number of rotatable bonds is 4. The van der Waals surface area contributed by atoms with E-state index in [1.807, 2.05) is 36.5 Å². The second-order valence-corrected chi connectivity index (χ2v) is 4.25. The summed E-state index contributed by atoms with van der Waals surface area (Å²) in [5, 5.41) is 2.09. The third kappa shape index (κ3) is 3.55. The number of nitrogens with zero attached hydrogens (tertiary/aromatic N) is 1. The number of thioether (sulfide) groups is 1. The van der Waals surface area contributed by atoms with E-state index in [1.54, 1.807) is 11.8 Å². The third-order valence-electron chi connectivity index (χ3n) is 2.12. The predicted molar refractivity (Wildman–Crippen MR) is 71.0 cm³/mol. The fourth-order valence-corrected chi connectivity index (χ4v) is 2.03. The van der Waals surface area contributed by atoms with Gasteiger partial charge in [0.15, 0.2) is 0 Å². The van der Waals surface area contributed by atoms with Crippen LogP contribution < -0.4 is 0 Å². The van der Waals surface area contributed by atoms with Gasteiger partial charge in [-0.15, -0.1) is 11.8 Å². The van der Waals surface area contributed by atoms with E-state index in [2.05, 4.69) is 34.7 Å². The van der Waals surface area contributed by atoms with E-state index in [4.69, 9.17) is 0 Å². The molecule has 2 rings (SSSR count). The quantitative estimate of drug-likeness (QED) is 0.783. The molecule has 0 aliphatic heterocycles. The largest absolute Gasteiger partial charge is 0.257 e. The second-order valence-electron chi connectivity index (χ2n) is 3.35. The van der Waals surface area contributed by atoms with Crippen molar-refractivity contribution in [3.8, 4) is 0 Å². The maximum absolute atomic E-state index is 4.22. The van der Waals surface area contributed by atoms with Crippen LogP contribution in [0.2, 0.25) is 0 Å². The van der Waals surface area contributed by atoms with Gasteiger partial charge >= 0.3 is 0 Å². The van der Waals surface area contributed by atoms with Crippen LogP contribution in [0, 0.1) is 0 Å². The Morgan fingerprint density at radius 1 is 1.00 bits per heavy atom. The summed E-state index contributed by atoms with van der Waals surface area (Å²) in [4.78, 5) is 4.22. The highest BCUT2D eigenvalue weighted by molar-refractivity contribution is 8.01. The van der Waals surface area contributed by atoms with Crippen molar-refractivity contribution in [2.45, 2.75) is 5.75 Å². The highest BCUT2D eigenvalue weighted by Crippen LogP contribution is 2.13. The minimum Gasteiger partial charge on any atom is -0.257 e. The molecule has 0 saturated heterocycles. The molecule has 0 atom stereocenters. The standard InChI is InChI=1S/C14H13NS/c1-2-6-13(7-3-1)12-16-11-9-14-8-4-5-10-15-14/h1-11H,12H2/b11-9-. The first kappa shape index (κ1) is 11.0. The molecule has 0 saturated carbocycles. The molecular formula is C14H13NS. The fraction of sp³-hybridized carbons (Fsp3) is 0.0714. The molecule has 80 valence electrons. The summed E-state index contributed by atoms with van der Waals surface area (Å²) in [6.07, 6.45) is 3.84. The summed E-state index contributed by atoms with van der Waals surface area (Å²) < 4.78 is 0. The highest BCUT2D eigenvalue weighted by atomic mass is 32.2. The molecule has 0 N–H and O–H groups in total. The van der Waals surface area contributed by atoms with Gasteiger partial charge in [0.25, 0.3) is 0 Å². The van der Waals surface area contributed by atoms with Crippen molar-refractivity contribution in [3.05, 3.63) is 71.4 Å². The van der Waals surface area contributed by atoms with Crippen LogP contribution in [-0.4, -0.2) is 4.98 Å². The van der Waals surface area contributed by atoms with Crippen LogP contribution in [0.1, 0.15) is 11.3 Å². The van der Waals surface area contributed by atoms with Crippen molar-refractivity contribution >= 4 is 17.8 Å². The zero-order valence-electron chi connectivity index (χ0n) is 8.91. The highest BCUT2D eigenvalue weighted by Gasteiger charge is 1.89. The van der Waals surface area contributed by atoms with Gasteiger partial charge in [-0.3, -0.25) is 4.98 Å². The van der Waals surface area contributed by atoms with Crippen LogP contribution >= 0.6 is 11.8 Å². The zero-order valence-corrected chi connectivity index (χ0v) is 9.73. The van der Waals surface area contributed by atoms with Crippen molar-refractivity contribution in [2.75, 3.05) is 0 Å². The molecule has 1 heterocycles. The van der Waals surface area contributed by atoms with Crippen molar-refractivity contribution in [2.24, 2.45) is 0 Å². The first-order valence-corrected chi connectivity index (χ1v) is 6.23. The average molecular weight is 227 g/mol. The minimum absolute atomic E-state index is 1.00. The average Bonchev–Trinajstić information content (AvgIpc) is 2.37. The Morgan fingerprint density at radius 2 is 1.81 bits per heavy atom. The molecule has 1 aromatic carbocycles. The lowest BCUT2D eigenvalue weighted by Crippen LogP contribution is -1.77. The molecule has 1 aromatic heterocycles. The maximum atomic E-state index is 4.22. The second kappa shape index (κ2) is 6.13. The van der Waals surface area contributed by atoms with E-state index in [1.165, 1.54) is 5.56 Å². The number of hydrogen-bond donors (Lipinski definition) is 0. The van der Waals surface area contributed by atoms with Gasteiger partial charge < -0.3 is 0 Å². The van der Waals surface area contributed by atoms with Gasteiger partial charge in [0, 0.05) is 11.9 Å². The van der Waals surface area contributed by atoms with E-state index in [9.17, 15) is 0 Å². The van der Waals surface area contributed by atoms with Gasteiger partial charge in [0.1, 0.15) is 0 Å². The third-order valence-corrected chi connectivity index (χ3v) is 2.94. The summed E-state index contributed by atoms with van der Waals surface area (Å²) in [7, 11) is 0. The number of hydrogen-bond acceptors (Lipinski definition) is 2. The Bertz CT molecular complexity index is 437. The van der Waals surface area contributed by atoms with E-state index >= 15 is 0 Å². The van der Waals surface area contributed by atoms with Crippen LogP contribution in [0.15, 0.2) is 60.1 Å². The van der Waals surface area contributed by atoms with E-state index < -0.39 is 0 Å². The van der Waals surface area contributed by atoms with Gasteiger partial charge in [0.05, 0.1) is 5.69 Å². The Balaban J connectivity index is 1.83. The monoisotopic (exact) mass is 227 g/mol. The predicted octanol–water partition coefficient (Wildman–Crippen LogP) is 3.99. The molecule has 0 radical (unpaired) electrons. The molecule has 16 heavy (non-hydrogen) atoms. The first-order chi connectivity index (χ1) is 7.95. The van der Waals surface area contributed by atoms with Crippen LogP contribution in [0.25, 0.3) is 6.08 Å². The smallest absolute Gasteiger partial charge is 0.0634 e. The lowest BCUT2D eigenvalue weighted by atomic mass is 10.2. The molecule has 0 aliphatic rings. The summed E-state index contributed by atoms with van der Waals surface area (Å²) in [5.41, 5.74) is 2.35. The molecule has 0 bridgehead atoms. The van der Waals surface area contributed by atoms with Crippen LogP contribution in [0.5, 0.6) is 0 Å². The lowest BCUT2D eigenvalue weighted by Gasteiger charge is -1.96. The Morgan fingerprint density at radius 3 is 2.56 bits per heavy atom. The van der Waals surface area contributed by atoms with Crippen LogP contribution in [0.4, 0.5) is 0 Å². The summed E-state index contributed by atoms with van der Waals surface area (Å²) in [6, 6.07) is 16.4. The minimum atomic E-state index is 1.00. The maximum Gasteiger partial charge on any atom is 0.0634 e. The SMILES string of the molecule is C(=C/c1ccccn1)/SCc1ccccc1. The van der Waals surface area contributed by atoms with Gasteiger partial charge in [-0.05, 0) is 29.2 Å². The Kier molecular flexibility index (Phi) is 4.20. The molecular weight excluding hydrogens is 214 g/mol. The lowest BCUT2D eigenvalue weighted by molar-refractivity contribution is 1.30. The molecule has 2 heteroatoms. The molecule has 1 nitrogen and oxygen atoms in total. The van der Waals surface area contributed by atoms with Crippen molar-refractivity contribution in [1.82, 2.24) is 4.98 Å². The summed E-state index contributed by atoms with van der Waals surface area (Å²) in [6.45, 7) is 0. The molecule has 0 fully saturated rings.